The number of morpholine rings is 1. The second-order valence-corrected chi connectivity index (χ2v) is 16.9. The van der Waals surface area contributed by atoms with Crippen LogP contribution in [0.4, 0.5) is 4.79 Å². The number of imidazole rings is 2. The van der Waals surface area contributed by atoms with Crippen LogP contribution >= 0.6 is 0 Å². The van der Waals surface area contributed by atoms with Gasteiger partial charge in [0.25, 0.3) is 0 Å². The fourth-order valence-corrected chi connectivity index (χ4v) is 9.71. The quantitative estimate of drug-likeness (QED) is 0.0983. The fraction of sp³-hybridized carbons (Fsp3) is 0.367. The Morgan fingerprint density at radius 3 is 2.27 bits per heavy atom. The molecule has 5 heterocycles. The largest absolute Gasteiger partial charge is 0.452 e. The Hall–Kier alpha value is -5.99. The van der Waals surface area contributed by atoms with E-state index in [9.17, 15) is 14.4 Å². The molecule has 0 saturated carbocycles. The number of hydrazine groups is 1. The van der Waals surface area contributed by atoms with Crippen molar-refractivity contribution < 1.29 is 23.9 Å². The van der Waals surface area contributed by atoms with Crippen molar-refractivity contribution in [3.63, 3.8) is 0 Å². The lowest BCUT2D eigenvalue weighted by Gasteiger charge is -2.38. The molecule has 3 N–H and O–H groups in total. The van der Waals surface area contributed by atoms with Crippen LogP contribution in [0.2, 0.25) is 0 Å². The number of ketones is 1. The van der Waals surface area contributed by atoms with Gasteiger partial charge in [-0.05, 0) is 83.8 Å². The fourth-order valence-electron chi connectivity index (χ4n) is 9.71. The van der Waals surface area contributed by atoms with Gasteiger partial charge in [-0.25, -0.2) is 24.8 Å². The Morgan fingerprint density at radius 1 is 0.887 bits per heavy atom. The van der Waals surface area contributed by atoms with Crippen LogP contribution in [0.5, 0.6) is 0 Å². The number of H-pyrrole nitrogens is 2. The second kappa shape index (κ2) is 17.8. The molecular weight excluding hydrogens is 781 g/mol. The smallest absolute Gasteiger partial charge is 0.424 e. The average molecular weight is 835 g/mol. The van der Waals surface area contributed by atoms with Gasteiger partial charge in [0, 0.05) is 31.6 Å². The van der Waals surface area contributed by atoms with Gasteiger partial charge in [0.05, 0.1) is 62.2 Å². The van der Waals surface area contributed by atoms with Crippen LogP contribution in [0.25, 0.3) is 44.4 Å². The van der Waals surface area contributed by atoms with Gasteiger partial charge in [0.1, 0.15) is 23.5 Å². The highest BCUT2D eigenvalue weighted by molar-refractivity contribution is 5.95. The summed E-state index contributed by atoms with van der Waals surface area (Å²) in [4.78, 5) is 58.1. The van der Waals surface area contributed by atoms with Gasteiger partial charge in [-0.3, -0.25) is 15.0 Å². The maximum Gasteiger partial charge on any atom is 0.424 e. The molecule has 3 fully saturated rings. The number of aromatic nitrogens is 4. The molecule has 13 nitrogen and oxygen atoms in total. The van der Waals surface area contributed by atoms with Gasteiger partial charge in [-0.2, -0.15) is 0 Å². The lowest BCUT2D eigenvalue weighted by molar-refractivity contribution is -0.133. The Morgan fingerprint density at radius 2 is 1.56 bits per heavy atom. The number of fused-ring (bicyclic) bond motifs is 1. The number of Topliss-reactive ketones (excluding diaryl/α,β-unsaturated/α-hetero) is 1. The van der Waals surface area contributed by atoms with E-state index in [-0.39, 0.29) is 30.2 Å². The number of methoxy groups -OCH3 is 1. The number of carbonyl (C=O) groups is 3. The molecule has 320 valence electrons. The summed E-state index contributed by atoms with van der Waals surface area (Å²) >= 11 is 0. The number of ether oxygens (including phenoxy) is 2. The van der Waals surface area contributed by atoms with Crippen LogP contribution in [0.15, 0.2) is 103 Å². The molecule has 0 spiro atoms. The standard InChI is InChI=1S/C49H54N8O5/c1-32-18-22-56(57(48(60)61-3)33(2)19-25-58)43(32)46-50-30-42(53-46)40-17-16-38-28-37(14-15-39(38)29-40)34-10-12-35(13-11-34)41-31-51-47(54-41)49(20-7-21-52-49)45(59)44(36-8-5-4-6-9-36)55-23-26-62-27-24-55/h4-6,8-17,25,28-33,43-44,52H,7,18-24,26-27H2,1-3H3,(H,50,53)(H,51,54)/t32?,33?,43-,44?,49+/m0/s1. The Kier molecular flexibility index (Phi) is 11.9. The average Bonchev–Trinajstić information content (AvgIpc) is 4.16. The summed E-state index contributed by atoms with van der Waals surface area (Å²) in [5.74, 6) is 1.77. The zero-order valence-electron chi connectivity index (χ0n) is 35.6. The second-order valence-electron chi connectivity index (χ2n) is 16.9. The minimum Gasteiger partial charge on any atom is -0.452 e. The Labute approximate surface area is 361 Å². The molecule has 6 aromatic rings. The lowest BCUT2D eigenvalue weighted by atomic mass is 9.83. The van der Waals surface area contributed by atoms with Gasteiger partial charge in [0.2, 0.25) is 0 Å². The molecule has 3 aliphatic heterocycles. The number of carbonyl (C=O) groups excluding carboxylic acids is 3. The first kappa shape index (κ1) is 41.4. The molecule has 0 bridgehead atoms. The van der Waals surface area contributed by atoms with Gasteiger partial charge in [0.15, 0.2) is 5.78 Å². The molecule has 1 amide bonds. The molecule has 3 saturated heterocycles. The topological polar surface area (TPSA) is 149 Å². The first-order valence-corrected chi connectivity index (χ1v) is 21.8. The van der Waals surface area contributed by atoms with E-state index in [1.165, 1.54) is 7.11 Å². The van der Waals surface area contributed by atoms with Crippen LogP contribution in [0.1, 0.15) is 68.8 Å². The van der Waals surface area contributed by atoms with Crippen molar-refractivity contribution in [3.8, 4) is 33.6 Å². The highest BCUT2D eigenvalue weighted by atomic mass is 16.5. The zero-order chi connectivity index (χ0) is 42.8. The van der Waals surface area contributed by atoms with Crippen molar-refractivity contribution in [2.45, 2.75) is 63.2 Å². The first-order chi connectivity index (χ1) is 30.3. The molecule has 62 heavy (non-hydrogen) atoms. The highest BCUT2D eigenvalue weighted by Gasteiger charge is 2.50. The van der Waals surface area contributed by atoms with Crippen molar-refractivity contribution in [2.24, 2.45) is 5.92 Å². The van der Waals surface area contributed by atoms with E-state index in [1.807, 2.05) is 42.5 Å². The van der Waals surface area contributed by atoms with E-state index >= 15 is 0 Å². The van der Waals surface area contributed by atoms with E-state index in [1.54, 1.807) is 5.01 Å². The summed E-state index contributed by atoms with van der Waals surface area (Å²) in [6.07, 6.45) is 6.70. The maximum absolute atomic E-state index is 14.8. The molecule has 3 unspecified atom stereocenters. The lowest BCUT2D eigenvalue weighted by Crippen LogP contribution is -2.53. The minimum absolute atomic E-state index is 0.119. The number of rotatable bonds is 13. The monoisotopic (exact) mass is 834 g/mol. The SMILES string of the molecule is COC(=O)N(C(C)CC=O)N1CCC(C)[C@H]1c1ncc(-c2ccc3cc(-c4ccc(-c5cnc([C@]6(C(=O)C(c7ccccc7)N7CCOCC7)CCCN6)[nH]5)cc4)ccc3c2)[nH]1. The first-order valence-electron chi connectivity index (χ1n) is 21.8. The van der Waals surface area contributed by atoms with Crippen LogP contribution in [0.3, 0.4) is 0 Å². The number of nitrogens with one attached hydrogen (secondary N) is 3. The van der Waals surface area contributed by atoms with Crippen molar-refractivity contribution in [3.05, 3.63) is 121 Å². The van der Waals surface area contributed by atoms with Gasteiger partial charge >= 0.3 is 6.09 Å². The number of hydrogen-bond acceptors (Lipinski definition) is 10. The normalized spacial score (nSPS) is 21.8. The third-order valence-corrected chi connectivity index (χ3v) is 13.1. The molecule has 0 aliphatic carbocycles. The van der Waals surface area contributed by atoms with Crippen LogP contribution in [0, 0.1) is 5.92 Å². The van der Waals surface area contributed by atoms with E-state index in [2.05, 4.69) is 99.9 Å². The summed E-state index contributed by atoms with van der Waals surface area (Å²) < 4.78 is 10.8. The zero-order valence-corrected chi connectivity index (χ0v) is 35.6. The number of aromatic amines is 2. The van der Waals surface area contributed by atoms with Crippen molar-refractivity contribution in [1.29, 1.82) is 0 Å². The van der Waals surface area contributed by atoms with E-state index in [0.717, 1.165) is 81.5 Å². The van der Waals surface area contributed by atoms with Crippen molar-refractivity contribution >= 4 is 28.9 Å². The van der Waals surface area contributed by atoms with Gasteiger partial charge < -0.3 is 24.2 Å². The van der Waals surface area contributed by atoms with E-state index in [4.69, 9.17) is 19.4 Å². The summed E-state index contributed by atoms with van der Waals surface area (Å²) in [6, 6.07) is 30.5. The molecule has 2 aromatic heterocycles. The van der Waals surface area contributed by atoms with Crippen LogP contribution in [-0.4, -0.2) is 106 Å². The predicted octanol–water partition coefficient (Wildman–Crippen LogP) is 7.85. The highest BCUT2D eigenvalue weighted by Crippen LogP contribution is 2.40. The van der Waals surface area contributed by atoms with E-state index in [0.29, 0.717) is 45.1 Å². The molecule has 9 rings (SSSR count). The van der Waals surface area contributed by atoms with Crippen molar-refractivity contribution in [1.82, 2.24) is 40.2 Å². The summed E-state index contributed by atoms with van der Waals surface area (Å²) in [7, 11) is 1.36. The summed E-state index contributed by atoms with van der Waals surface area (Å²) in [6.45, 7) is 8.03. The molecular formula is C49H54N8O5. The number of aldehydes is 1. The summed E-state index contributed by atoms with van der Waals surface area (Å²) in [5, 5.41) is 9.38. The van der Waals surface area contributed by atoms with Gasteiger partial charge in [-0.1, -0.05) is 85.8 Å². The number of nitrogens with zero attached hydrogens (tertiary/aromatic N) is 5. The van der Waals surface area contributed by atoms with Crippen LogP contribution in [-0.2, 0) is 24.6 Å². The Balaban J connectivity index is 0.921. The minimum atomic E-state index is -0.915. The maximum atomic E-state index is 14.8. The predicted molar refractivity (Wildman–Crippen MR) is 238 cm³/mol. The van der Waals surface area contributed by atoms with E-state index < -0.39 is 17.7 Å². The molecule has 4 aromatic carbocycles. The molecule has 3 aliphatic rings. The van der Waals surface area contributed by atoms with Gasteiger partial charge in [-0.15, -0.1) is 0 Å². The summed E-state index contributed by atoms with van der Waals surface area (Å²) in [5.41, 5.74) is 6.04. The molecule has 0 radical (unpaired) electrons. The third kappa shape index (κ3) is 7.85. The third-order valence-electron chi connectivity index (χ3n) is 13.1. The number of hydrogen-bond donors (Lipinski definition) is 3. The Bertz CT molecular complexity index is 2520. The number of amides is 1. The molecule has 13 heteroatoms. The van der Waals surface area contributed by atoms with Crippen molar-refractivity contribution in [2.75, 3.05) is 46.5 Å². The molecule has 5 atom stereocenters. The van der Waals surface area contributed by atoms with Crippen LogP contribution < -0.4 is 5.32 Å². The number of benzene rings is 4.